The van der Waals surface area contributed by atoms with E-state index in [1.807, 2.05) is 18.7 Å². The van der Waals surface area contributed by atoms with Crippen LogP contribution in [0.1, 0.15) is 40.0 Å². The molecule has 0 aromatic carbocycles. The molecule has 1 saturated heterocycles. The van der Waals surface area contributed by atoms with Crippen LogP contribution in [0.3, 0.4) is 0 Å². The van der Waals surface area contributed by atoms with Gasteiger partial charge in [0.1, 0.15) is 6.04 Å². The van der Waals surface area contributed by atoms with E-state index in [9.17, 15) is 14.7 Å². The molecule has 2 atom stereocenters. The summed E-state index contributed by atoms with van der Waals surface area (Å²) in [6.07, 6.45) is 2.67. The number of hydrogen-bond acceptors (Lipinski definition) is 3. The normalized spacial score (nSPS) is 24.2. The first-order chi connectivity index (χ1) is 9.03. The number of hydrogen-bond donors (Lipinski definition) is 1. The number of carboxylic acid groups (broad SMARTS) is 1. The Hall–Kier alpha value is -1.10. The van der Waals surface area contributed by atoms with E-state index in [2.05, 4.69) is 6.92 Å². The summed E-state index contributed by atoms with van der Waals surface area (Å²) >= 11 is 0. The Bertz CT molecular complexity index is 316. The highest BCUT2D eigenvalue weighted by atomic mass is 16.4. The summed E-state index contributed by atoms with van der Waals surface area (Å²) in [6.45, 7) is 8.29. The number of rotatable bonds is 6. The molecule has 1 aliphatic rings. The zero-order chi connectivity index (χ0) is 14.4. The van der Waals surface area contributed by atoms with E-state index < -0.39 is 12.0 Å². The van der Waals surface area contributed by atoms with Gasteiger partial charge in [0.05, 0.1) is 6.54 Å². The summed E-state index contributed by atoms with van der Waals surface area (Å²) in [5.41, 5.74) is 0. The Morgan fingerprint density at radius 3 is 2.37 bits per heavy atom. The topological polar surface area (TPSA) is 60.9 Å². The molecule has 1 amide bonds. The Balaban J connectivity index is 2.65. The van der Waals surface area contributed by atoms with Crippen LogP contribution >= 0.6 is 0 Å². The van der Waals surface area contributed by atoms with Gasteiger partial charge >= 0.3 is 5.97 Å². The van der Waals surface area contributed by atoms with Crippen LogP contribution in [0.2, 0.25) is 0 Å². The average Bonchev–Trinajstić information content (AvgIpc) is 2.40. The van der Waals surface area contributed by atoms with Gasteiger partial charge in [0, 0.05) is 13.1 Å². The molecule has 0 aliphatic carbocycles. The van der Waals surface area contributed by atoms with Crippen molar-refractivity contribution >= 4 is 11.9 Å². The molecule has 1 rings (SSSR count). The molecule has 1 N–H and O–H groups in total. The molecule has 2 unspecified atom stereocenters. The van der Waals surface area contributed by atoms with Crippen LogP contribution in [0.4, 0.5) is 0 Å². The molecule has 0 bridgehead atoms. The fourth-order valence-corrected chi connectivity index (χ4v) is 2.75. The zero-order valence-corrected chi connectivity index (χ0v) is 12.3. The van der Waals surface area contributed by atoms with Crippen molar-refractivity contribution in [3.63, 3.8) is 0 Å². The van der Waals surface area contributed by atoms with Gasteiger partial charge in [-0.15, -0.1) is 0 Å². The van der Waals surface area contributed by atoms with Crippen LogP contribution in [0.25, 0.3) is 0 Å². The third-order valence-electron chi connectivity index (χ3n) is 4.14. The molecular formula is C14H26N2O3. The lowest BCUT2D eigenvalue weighted by atomic mass is 9.89. The summed E-state index contributed by atoms with van der Waals surface area (Å²) in [5, 5.41) is 9.32. The van der Waals surface area contributed by atoms with Gasteiger partial charge in [-0.3, -0.25) is 14.5 Å². The second kappa shape index (κ2) is 7.48. The number of amides is 1. The van der Waals surface area contributed by atoms with Crippen LogP contribution in [-0.2, 0) is 9.59 Å². The smallest absolute Gasteiger partial charge is 0.320 e. The van der Waals surface area contributed by atoms with Crippen molar-refractivity contribution < 1.29 is 14.7 Å². The minimum absolute atomic E-state index is 0.0335. The molecule has 0 aromatic heterocycles. The van der Waals surface area contributed by atoms with Crippen molar-refractivity contribution in [3.8, 4) is 0 Å². The zero-order valence-electron chi connectivity index (χ0n) is 12.3. The van der Waals surface area contributed by atoms with E-state index in [0.717, 1.165) is 12.8 Å². The van der Waals surface area contributed by atoms with Crippen molar-refractivity contribution in [1.29, 1.82) is 0 Å². The number of likely N-dealkylation sites (tertiary alicyclic amines) is 1. The number of nitrogens with zero attached hydrogens (tertiary/aromatic N) is 2. The number of carbonyl (C=O) groups is 2. The molecule has 1 fully saturated rings. The predicted molar refractivity (Wildman–Crippen MR) is 73.9 cm³/mol. The van der Waals surface area contributed by atoms with Gasteiger partial charge < -0.3 is 10.0 Å². The van der Waals surface area contributed by atoms with Crippen LogP contribution in [-0.4, -0.2) is 59.0 Å². The largest absolute Gasteiger partial charge is 0.480 e. The summed E-state index contributed by atoms with van der Waals surface area (Å²) < 4.78 is 0. The van der Waals surface area contributed by atoms with E-state index >= 15 is 0 Å². The molecule has 0 saturated carbocycles. The molecule has 1 heterocycles. The van der Waals surface area contributed by atoms with Crippen molar-refractivity contribution in [2.24, 2.45) is 5.92 Å². The molecule has 1 aliphatic heterocycles. The van der Waals surface area contributed by atoms with Crippen molar-refractivity contribution in [2.45, 2.75) is 46.1 Å². The highest BCUT2D eigenvalue weighted by molar-refractivity contribution is 5.80. The quantitative estimate of drug-likeness (QED) is 0.793. The monoisotopic (exact) mass is 270 g/mol. The standard InChI is InChI=1S/C14H26N2O3/c1-4-11-7-8-16(12(9-11)14(18)19)10-13(17)15(5-2)6-3/h11-12H,4-10H2,1-3H3,(H,18,19). The van der Waals surface area contributed by atoms with Crippen LogP contribution < -0.4 is 0 Å². The second-order valence-electron chi connectivity index (χ2n) is 5.19. The number of piperidine rings is 1. The lowest BCUT2D eigenvalue weighted by Crippen LogP contribution is -2.51. The van der Waals surface area contributed by atoms with Crippen LogP contribution in [0, 0.1) is 5.92 Å². The lowest BCUT2D eigenvalue weighted by molar-refractivity contribution is -0.147. The first kappa shape index (κ1) is 16.0. The lowest BCUT2D eigenvalue weighted by Gasteiger charge is -2.37. The van der Waals surface area contributed by atoms with Crippen LogP contribution in [0.15, 0.2) is 0 Å². The van der Waals surface area contributed by atoms with Gasteiger partial charge in [-0.25, -0.2) is 0 Å². The first-order valence-electron chi connectivity index (χ1n) is 7.28. The molecule has 0 aromatic rings. The Morgan fingerprint density at radius 1 is 1.26 bits per heavy atom. The number of likely N-dealkylation sites (N-methyl/N-ethyl adjacent to an activating group) is 1. The Morgan fingerprint density at radius 2 is 1.89 bits per heavy atom. The van der Waals surface area contributed by atoms with Crippen molar-refractivity contribution in [3.05, 3.63) is 0 Å². The molecule has 0 spiro atoms. The average molecular weight is 270 g/mol. The van der Waals surface area contributed by atoms with Crippen LogP contribution in [0.5, 0.6) is 0 Å². The fraction of sp³-hybridized carbons (Fsp3) is 0.857. The molecule has 110 valence electrons. The number of carboxylic acids is 1. The van der Waals surface area contributed by atoms with Crippen molar-refractivity contribution in [2.75, 3.05) is 26.2 Å². The van der Waals surface area contributed by atoms with Gasteiger partial charge in [0.25, 0.3) is 0 Å². The van der Waals surface area contributed by atoms with Gasteiger partial charge in [-0.1, -0.05) is 13.3 Å². The summed E-state index contributed by atoms with van der Waals surface area (Å²) in [5.74, 6) is -0.294. The maximum Gasteiger partial charge on any atom is 0.320 e. The summed E-state index contributed by atoms with van der Waals surface area (Å²) in [7, 11) is 0. The van der Waals surface area contributed by atoms with E-state index in [-0.39, 0.29) is 12.5 Å². The third kappa shape index (κ3) is 4.20. The van der Waals surface area contributed by atoms with E-state index in [1.54, 1.807) is 4.90 Å². The highest BCUT2D eigenvalue weighted by Crippen LogP contribution is 2.25. The minimum atomic E-state index is -0.800. The van der Waals surface area contributed by atoms with Gasteiger partial charge in [0.15, 0.2) is 0 Å². The highest BCUT2D eigenvalue weighted by Gasteiger charge is 2.34. The van der Waals surface area contributed by atoms with Crippen molar-refractivity contribution in [1.82, 2.24) is 9.80 Å². The first-order valence-corrected chi connectivity index (χ1v) is 7.28. The molecule has 5 heteroatoms. The van der Waals surface area contributed by atoms with Gasteiger partial charge in [-0.2, -0.15) is 0 Å². The van der Waals surface area contributed by atoms with Gasteiger partial charge in [-0.05, 0) is 39.2 Å². The maximum absolute atomic E-state index is 12.1. The third-order valence-corrected chi connectivity index (χ3v) is 4.14. The Kier molecular flexibility index (Phi) is 6.28. The molecular weight excluding hydrogens is 244 g/mol. The summed E-state index contributed by atoms with van der Waals surface area (Å²) in [4.78, 5) is 27.0. The summed E-state index contributed by atoms with van der Waals surface area (Å²) in [6, 6.07) is -0.502. The molecule has 19 heavy (non-hydrogen) atoms. The minimum Gasteiger partial charge on any atom is -0.480 e. The van der Waals surface area contributed by atoms with E-state index in [1.165, 1.54) is 0 Å². The number of aliphatic carboxylic acids is 1. The fourth-order valence-electron chi connectivity index (χ4n) is 2.75. The van der Waals surface area contributed by atoms with Gasteiger partial charge in [0.2, 0.25) is 5.91 Å². The molecule has 5 nitrogen and oxygen atoms in total. The SMILES string of the molecule is CCC1CCN(CC(=O)N(CC)CC)C(C(=O)O)C1. The van der Waals surface area contributed by atoms with E-state index in [0.29, 0.717) is 32.0 Å². The second-order valence-corrected chi connectivity index (χ2v) is 5.19. The number of carbonyl (C=O) groups excluding carboxylic acids is 1. The van der Waals surface area contributed by atoms with E-state index in [4.69, 9.17) is 0 Å². The maximum atomic E-state index is 12.1. The Labute approximate surface area is 115 Å². The molecule has 0 radical (unpaired) electrons. The predicted octanol–water partition coefficient (Wildman–Crippen LogP) is 1.43.